The molecule has 0 unspecified atom stereocenters. The molecule has 0 spiro atoms. The maximum absolute atomic E-state index is 13.2. The Bertz CT molecular complexity index is 1440. The Balaban J connectivity index is 1.64. The summed E-state index contributed by atoms with van der Waals surface area (Å²) in [5.74, 6) is -1.87. The van der Waals surface area contributed by atoms with Crippen LogP contribution in [0.1, 0.15) is 35.6 Å². The molecule has 216 valence electrons. The van der Waals surface area contributed by atoms with E-state index >= 15 is 0 Å². The van der Waals surface area contributed by atoms with Crippen molar-refractivity contribution in [2.75, 3.05) is 0 Å². The van der Waals surface area contributed by atoms with E-state index < -0.39 is 47.9 Å². The molecule has 6 N–H and O–H groups in total. The summed E-state index contributed by atoms with van der Waals surface area (Å²) in [4.78, 5) is 56.4. The number of hydrogen-bond acceptors (Lipinski definition) is 8. The molecule has 4 atom stereocenters. The summed E-state index contributed by atoms with van der Waals surface area (Å²) in [7, 11) is 1.79. The molecule has 2 aliphatic rings. The first-order chi connectivity index (χ1) is 19.5. The van der Waals surface area contributed by atoms with Gasteiger partial charge in [-0.05, 0) is 49.7 Å². The number of nitrogens with one attached hydrogen (secondary N) is 4. The summed E-state index contributed by atoms with van der Waals surface area (Å²) in [6.45, 7) is 2.85. The highest BCUT2D eigenvalue weighted by Gasteiger charge is 2.31. The maximum atomic E-state index is 13.2. The molecule has 41 heavy (non-hydrogen) atoms. The van der Waals surface area contributed by atoms with Crippen molar-refractivity contribution in [2.24, 2.45) is 7.05 Å². The standard InChI is InChI=1S/C28H32N6O7/c1-15-25(37)32-21(27(39)30-14-23-29-10-11-34(23)3)12-17-4-6-18(7-5-17)41-19-8-9-22(36)20(13-19)26(38)33-24(16(2)35)28(40)31-15/h4-11,13,15-16,21,24,35-36H,12,14H2,1-3H3,(H,30,39)(H,31,40)(H,32,37)(H,33,38)/t15-,16+,21-,24-/m0/s1. The highest BCUT2D eigenvalue weighted by molar-refractivity contribution is 6.00. The third-order valence-corrected chi connectivity index (χ3v) is 6.59. The first-order valence-electron chi connectivity index (χ1n) is 12.9. The number of ether oxygens (including phenoxy) is 1. The van der Waals surface area contributed by atoms with Crippen LogP contribution in [0.3, 0.4) is 0 Å². The number of nitrogens with zero attached hydrogens (tertiary/aromatic N) is 2. The number of fused-ring (bicyclic) bond motifs is 11. The lowest BCUT2D eigenvalue weighted by molar-refractivity contribution is -0.133. The highest BCUT2D eigenvalue weighted by atomic mass is 16.5. The third kappa shape index (κ3) is 7.19. The Kier molecular flexibility index (Phi) is 8.87. The zero-order valence-corrected chi connectivity index (χ0v) is 22.7. The van der Waals surface area contributed by atoms with E-state index in [9.17, 15) is 29.4 Å². The van der Waals surface area contributed by atoms with Crippen molar-refractivity contribution in [3.8, 4) is 17.2 Å². The van der Waals surface area contributed by atoms with Crippen LogP contribution in [0.25, 0.3) is 0 Å². The third-order valence-electron chi connectivity index (χ3n) is 6.59. The number of aromatic hydroxyl groups is 1. The predicted molar refractivity (Wildman–Crippen MR) is 146 cm³/mol. The van der Waals surface area contributed by atoms with Gasteiger partial charge in [-0.1, -0.05) is 12.1 Å². The molecule has 1 aromatic heterocycles. The highest BCUT2D eigenvalue weighted by Crippen LogP contribution is 2.28. The minimum atomic E-state index is -1.45. The number of imidazole rings is 1. The molecule has 3 heterocycles. The van der Waals surface area contributed by atoms with Crippen LogP contribution in [0, 0.1) is 0 Å². The van der Waals surface area contributed by atoms with Crippen molar-refractivity contribution in [3.05, 3.63) is 71.8 Å². The van der Waals surface area contributed by atoms with Crippen molar-refractivity contribution in [1.82, 2.24) is 30.8 Å². The minimum Gasteiger partial charge on any atom is -0.507 e. The maximum Gasteiger partial charge on any atom is 0.255 e. The van der Waals surface area contributed by atoms with Crippen LogP contribution in [-0.4, -0.2) is 67.6 Å². The molecule has 0 radical (unpaired) electrons. The minimum absolute atomic E-state index is 0.134. The normalized spacial score (nSPS) is 20.5. The second-order valence-corrected chi connectivity index (χ2v) is 9.78. The summed E-state index contributed by atoms with van der Waals surface area (Å²) in [5.41, 5.74) is 0.538. The first-order valence-corrected chi connectivity index (χ1v) is 12.9. The van der Waals surface area contributed by atoms with Crippen molar-refractivity contribution in [3.63, 3.8) is 0 Å². The van der Waals surface area contributed by atoms with Crippen molar-refractivity contribution in [1.29, 1.82) is 0 Å². The number of benzene rings is 2. The molecule has 2 aromatic carbocycles. The Labute approximate surface area is 235 Å². The average molecular weight is 565 g/mol. The van der Waals surface area contributed by atoms with Gasteiger partial charge in [0.25, 0.3) is 5.91 Å². The van der Waals surface area contributed by atoms with E-state index in [2.05, 4.69) is 26.3 Å². The smallest absolute Gasteiger partial charge is 0.255 e. The van der Waals surface area contributed by atoms with Gasteiger partial charge in [0.05, 0.1) is 18.2 Å². The summed E-state index contributed by atoms with van der Waals surface area (Å²) in [6, 6.07) is 7.26. The fourth-order valence-corrected chi connectivity index (χ4v) is 4.18. The molecule has 0 aliphatic carbocycles. The Morgan fingerprint density at radius 1 is 1.10 bits per heavy atom. The number of phenols is 1. The summed E-state index contributed by atoms with van der Waals surface area (Å²) < 4.78 is 7.59. The molecule has 0 fully saturated rings. The zero-order valence-electron chi connectivity index (χ0n) is 22.7. The molecular formula is C28H32N6O7. The molecular weight excluding hydrogens is 532 g/mol. The average Bonchev–Trinajstić information content (AvgIpc) is 3.35. The zero-order chi connectivity index (χ0) is 29.7. The fourth-order valence-electron chi connectivity index (χ4n) is 4.18. The van der Waals surface area contributed by atoms with Gasteiger partial charge in [-0.15, -0.1) is 0 Å². The largest absolute Gasteiger partial charge is 0.507 e. The van der Waals surface area contributed by atoms with E-state index in [4.69, 9.17) is 4.74 Å². The Morgan fingerprint density at radius 3 is 2.46 bits per heavy atom. The molecule has 5 rings (SSSR count). The molecule has 0 saturated carbocycles. The number of rotatable bonds is 4. The number of aromatic nitrogens is 2. The van der Waals surface area contributed by atoms with Gasteiger partial charge in [-0.3, -0.25) is 19.2 Å². The van der Waals surface area contributed by atoms with Gasteiger partial charge in [0.2, 0.25) is 17.7 Å². The SMILES string of the molecule is C[C@@H]1NC(=O)[C@H]([C@@H](C)O)NC(=O)c2cc(ccc2O)Oc2ccc(cc2)C[C@@H](C(=O)NCc2nccn2C)NC1=O. The van der Waals surface area contributed by atoms with Gasteiger partial charge in [-0.2, -0.15) is 0 Å². The molecule has 2 aliphatic heterocycles. The number of carbonyl (C=O) groups excluding carboxylic acids is 4. The fraction of sp³-hybridized carbons (Fsp3) is 0.321. The van der Waals surface area contributed by atoms with Crippen LogP contribution in [0.2, 0.25) is 0 Å². The number of amides is 4. The second kappa shape index (κ2) is 12.5. The van der Waals surface area contributed by atoms with Crippen LogP contribution in [0.5, 0.6) is 17.2 Å². The second-order valence-electron chi connectivity index (χ2n) is 9.78. The lowest BCUT2D eigenvalue weighted by atomic mass is 10.0. The van der Waals surface area contributed by atoms with Crippen LogP contribution in [0.15, 0.2) is 54.9 Å². The molecule has 4 bridgehead atoms. The van der Waals surface area contributed by atoms with Crippen LogP contribution in [-0.2, 0) is 34.4 Å². The number of aryl methyl sites for hydroxylation is 1. The topological polar surface area (TPSA) is 184 Å². The van der Waals surface area contributed by atoms with E-state index in [0.29, 0.717) is 17.1 Å². The van der Waals surface area contributed by atoms with Gasteiger partial charge in [-0.25, -0.2) is 4.98 Å². The van der Waals surface area contributed by atoms with Crippen molar-refractivity contribution >= 4 is 23.6 Å². The van der Waals surface area contributed by atoms with E-state index in [-0.39, 0.29) is 30.0 Å². The monoisotopic (exact) mass is 564 g/mol. The molecule has 0 saturated heterocycles. The van der Waals surface area contributed by atoms with Gasteiger partial charge < -0.3 is 40.8 Å². The van der Waals surface area contributed by atoms with E-state index in [1.807, 2.05) is 0 Å². The summed E-state index contributed by atoms with van der Waals surface area (Å²) >= 11 is 0. The first kappa shape index (κ1) is 29.1. The van der Waals surface area contributed by atoms with Gasteiger partial charge >= 0.3 is 0 Å². The Hall–Kier alpha value is -4.91. The van der Waals surface area contributed by atoms with Gasteiger partial charge in [0.1, 0.15) is 41.2 Å². The lowest BCUT2D eigenvalue weighted by Crippen LogP contribution is -2.58. The van der Waals surface area contributed by atoms with Gasteiger partial charge in [0, 0.05) is 25.9 Å². The van der Waals surface area contributed by atoms with Crippen molar-refractivity contribution in [2.45, 2.75) is 51.0 Å². The van der Waals surface area contributed by atoms with Crippen molar-refractivity contribution < 1.29 is 34.1 Å². The molecule has 13 heteroatoms. The quantitative estimate of drug-likeness (QED) is 0.244. The van der Waals surface area contributed by atoms with Gasteiger partial charge in [0.15, 0.2) is 0 Å². The summed E-state index contributed by atoms with van der Waals surface area (Å²) in [6.07, 6.45) is 2.14. The molecule has 13 nitrogen and oxygen atoms in total. The number of aliphatic hydroxyl groups is 1. The predicted octanol–water partition coefficient (Wildman–Crippen LogP) is 0.259. The molecule has 4 amide bonds. The number of phenolic OH excluding ortho intramolecular Hbond substituents is 1. The van der Waals surface area contributed by atoms with E-state index in [0.717, 1.165) is 0 Å². The van der Waals surface area contributed by atoms with E-state index in [1.165, 1.54) is 32.0 Å². The number of hydrogen-bond donors (Lipinski definition) is 6. The van der Waals surface area contributed by atoms with Crippen LogP contribution in [0.4, 0.5) is 0 Å². The number of aliphatic hydroxyl groups excluding tert-OH is 1. The molecule has 3 aromatic rings. The van der Waals surface area contributed by atoms with Crippen LogP contribution < -0.4 is 26.0 Å². The summed E-state index contributed by atoms with van der Waals surface area (Å²) in [5, 5.41) is 30.8. The van der Waals surface area contributed by atoms with E-state index in [1.54, 1.807) is 48.3 Å². The van der Waals surface area contributed by atoms with Crippen LogP contribution >= 0.6 is 0 Å². The lowest BCUT2D eigenvalue weighted by Gasteiger charge is -2.25. The Morgan fingerprint density at radius 2 is 1.80 bits per heavy atom. The number of carbonyl (C=O) groups is 4.